The van der Waals surface area contributed by atoms with Crippen LogP contribution in [0.1, 0.15) is 31.1 Å². The fourth-order valence-corrected chi connectivity index (χ4v) is 2.27. The molecular weight excluding hydrogens is 359 g/mol. The van der Waals surface area contributed by atoms with Crippen LogP contribution in [0.25, 0.3) is 0 Å². The lowest BCUT2D eigenvalue weighted by molar-refractivity contribution is 0.0589. The molecular formula is C19H20ClFN2O3. The van der Waals surface area contributed by atoms with E-state index in [0.717, 1.165) is 0 Å². The molecule has 2 aromatic carbocycles. The highest BCUT2D eigenvalue weighted by Crippen LogP contribution is 2.25. The van der Waals surface area contributed by atoms with E-state index in [9.17, 15) is 14.0 Å². The lowest BCUT2D eigenvalue weighted by atomic mass is 10.1. The molecule has 0 aliphatic carbocycles. The summed E-state index contributed by atoms with van der Waals surface area (Å²) in [5, 5.41) is 2.86. The largest absolute Gasteiger partial charge is 0.443 e. The van der Waals surface area contributed by atoms with Crippen molar-refractivity contribution in [2.45, 2.75) is 26.4 Å². The van der Waals surface area contributed by atoms with Crippen LogP contribution in [0.3, 0.4) is 0 Å². The number of benzene rings is 2. The van der Waals surface area contributed by atoms with Gasteiger partial charge in [-0.15, -0.1) is 0 Å². The molecule has 0 saturated heterocycles. The van der Waals surface area contributed by atoms with Crippen molar-refractivity contribution in [3.8, 4) is 0 Å². The van der Waals surface area contributed by atoms with E-state index in [2.05, 4.69) is 5.32 Å². The van der Waals surface area contributed by atoms with Crippen molar-refractivity contribution in [1.82, 2.24) is 0 Å². The van der Waals surface area contributed by atoms with Crippen LogP contribution < -0.4 is 10.2 Å². The van der Waals surface area contributed by atoms with Crippen molar-refractivity contribution in [1.29, 1.82) is 0 Å². The second-order valence-corrected chi connectivity index (χ2v) is 7.07. The average Bonchev–Trinajstić information content (AvgIpc) is 2.55. The predicted molar refractivity (Wildman–Crippen MR) is 100 cm³/mol. The summed E-state index contributed by atoms with van der Waals surface area (Å²) in [5.74, 6) is -0.872. The van der Waals surface area contributed by atoms with Crippen LogP contribution in [-0.4, -0.2) is 24.6 Å². The summed E-state index contributed by atoms with van der Waals surface area (Å²) in [4.78, 5) is 25.9. The van der Waals surface area contributed by atoms with Gasteiger partial charge in [-0.3, -0.25) is 9.69 Å². The molecule has 0 spiro atoms. The van der Waals surface area contributed by atoms with E-state index in [1.54, 1.807) is 33.9 Å². The molecule has 0 atom stereocenters. The third kappa shape index (κ3) is 5.20. The zero-order valence-electron chi connectivity index (χ0n) is 15.0. The third-order valence-electron chi connectivity index (χ3n) is 3.35. The van der Waals surface area contributed by atoms with Gasteiger partial charge in [0.15, 0.2) is 0 Å². The number of nitrogens with zero attached hydrogens (tertiary/aromatic N) is 1. The Labute approximate surface area is 156 Å². The molecule has 0 saturated carbocycles. The van der Waals surface area contributed by atoms with Crippen molar-refractivity contribution in [3.05, 3.63) is 58.9 Å². The lowest BCUT2D eigenvalue weighted by Gasteiger charge is -2.25. The zero-order chi connectivity index (χ0) is 19.5. The van der Waals surface area contributed by atoms with Crippen molar-refractivity contribution in [2.24, 2.45) is 0 Å². The van der Waals surface area contributed by atoms with Gasteiger partial charge in [0, 0.05) is 18.4 Å². The number of rotatable bonds is 3. The summed E-state index contributed by atoms with van der Waals surface area (Å²) < 4.78 is 18.3. The van der Waals surface area contributed by atoms with Gasteiger partial charge in [-0.2, -0.15) is 0 Å². The highest BCUT2D eigenvalue weighted by Gasteiger charge is 2.22. The van der Waals surface area contributed by atoms with Gasteiger partial charge >= 0.3 is 6.09 Å². The summed E-state index contributed by atoms with van der Waals surface area (Å²) in [6, 6.07) is 9.99. The molecule has 138 valence electrons. The van der Waals surface area contributed by atoms with E-state index in [4.69, 9.17) is 16.3 Å². The Hall–Kier alpha value is -2.60. The van der Waals surface area contributed by atoms with Crippen molar-refractivity contribution >= 4 is 35.0 Å². The minimum absolute atomic E-state index is 0.184. The summed E-state index contributed by atoms with van der Waals surface area (Å²) in [6.45, 7) is 5.30. The second-order valence-electron chi connectivity index (χ2n) is 6.66. The van der Waals surface area contributed by atoms with Crippen molar-refractivity contribution in [3.63, 3.8) is 0 Å². The van der Waals surface area contributed by atoms with Crippen LogP contribution in [0, 0.1) is 5.82 Å². The Morgan fingerprint density at radius 1 is 1.12 bits per heavy atom. The summed E-state index contributed by atoms with van der Waals surface area (Å²) in [6.07, 6.45) is -0.551. The molecule has 2 aromatic rings. The molecule has 0 fully saturated rings. The molecule has 0 aromatic heterocycles. The molecule has 0 unspecified atom stereocenters. The van der Waals surface area contributed by atoms with E-state index in [-0.39, 0.29) is 10.6 Å². The highest BCUT2D eigenvalue weighted by molar-refractivity contribution is 6.34. The van der Waals surface area contributed by atoms with Crippen LogP contribution in [0.15, 0.2) is 42.5 Å². The Morgan fingerprint density at radius 2 is 1.73 bits per heavy atom. The zero-order valence-corrected chi connectivity index (χ0v) is 15.7. The summed E-state index contributed by atoms with van der Waals surface area (Å²) >= 11 is 6.12. The van der Waals surface area contributed by atoms with Crippen LogP contribution in [0.5, 0.6) is 0 Å². The summed E-state index contributed by atoms with van der Waals surface area (Å²) in [7, 11) is 1.54. The molecule has 0 aliphatic heterocycles. The number of hydrogen-bond acceptors (Lipinski definition) is 3. The number of ether oxygens (including phenoxy) is 1. The van der Waals surface area contributed by atoms with E-state index in [1.165, 1.54) is 41.3 Å². The minimum atomic E-state index is -0.638. The van der Waals surface area contributed by atoms with Gasteiger partial charge in [-0.25, -0.2) is 9.18 Å². The monoisotopic (exact) mass is 378 g/mol. The molecule has 2 rings (SSSR count). The molecule has 7 heteroatoms. The van der Waals surface area contributed by atoms with Crippen LogP contribution in [0.4, 0.5) is 20.6 Å². The van der Waals surface area contributed by atoms with Crippen LogP contribution in [0.2, 0.25) is 5.02 Å². The van der Waals surface area contributed by atoms with E-state index < -0.39 is 23.4 Å². The number of halogens is 2. The quantitative estimate of drug-likeness (QED) is 0.808. The number of anilines is 2. The predicted octanol–water partition coefficient (Wildman–Crippen LogP) is 5.10. The number of carbonyl (C=O) groups excluding carboxylic acids is 2. The molecule has 26 heavy (non-hydrogen) atoms. The molecule has 0 heterocycles. The molecule has 0 radical (unpaired) electrons. The van der Waals surface area contributed by atoms with Crippen molar-refractivity contribution in [2.75, 3.05) is 17.3 Å². The number of amides is 2. The number of hydrogen-bond donors (Lipinski definition) is 1. The fraction of sp³-hybridized carbons (Fsp3) is 0.263. The lowest BCUT2D eigenvalue weighted by Crippen LogP contribution is -2.34. The van der Waals surface area contributed by atoms with E-state index >= 15 is 0 Å². The maximum absolute atomic E-state index is 13.0. The van der Waals surface area contributed by atoms with Gasteiger partial charge in [0.05, 0.1) is 10.6 Å². The third-order valence-corrected chi connectivity index (χ3v) is 3.68. The normalized spacial score (nSPS) is 11.0. The summed E-state index contributed by atoms with van der Waals surface area (Å²) in [5.41, 5.74) is 0.427. The maximum atomic E-state index is 13.0. The average molecular weight is 379 g/mol. The van der Waals surface area contributed by atoms with Crippen LogP contribution in [-0.2, 0) is 4.74 Å². The SMILES string of the molecule is CN(C(=O)OC(C)(C)C)c1ccc(Cl)c(C(=O)Nc2ccc(F)cc2)c1. The Bertz CT molecular complexity index is 817. The molecule has 1 N–H and O–H groups in total. The van der Waals surface area contributed by atoms with E-state index in [1.807, 2.05) is 0 Å². The van der Waals surface area contributed by atoms with Gasteiger partial charge in [-0.05, 0) is 63.2 Å². The molecule has 0 aliphatic rings. The first kappa shape index (κ1) is 19.7. The van der Waals surface area contributed by atoms with Gasteiger partial charge in [0.2, 0.25) is 0 Å². The van der Waals surface area contributed by atoms with Gasteiger partial charge in [0.25, 0.3) is 5.91 Å². The van der Waals surface area contributed by atoms with Gasteiger partial charge in [-0.1, -0.05) is 11.6 Å². The van der Waals surface area contributed by atoms with E-state index in [0.29, 0.717) is 11.4 Å². The topological polar surface area (TPSA) is 58.6 Å². The van der Waals surface area contributed by atoms with Crippen molar-refractivity contribution < 1.29 is 18.7 Å². The molecule has 5 nitrogen and oxygen atoms in total. The highest BCUT2D eigenvalue weighted by atomic mass is 35.5. The first-order valence-corrected chi connectivity index (χ1v) is 8.28. The van der Waals surface area contributed by atoms with Gasteiger partial charge < -0.3 is 10.1 Å². The second kappa shape index (κ2) is 7.74. The number of carbonyl (C=O) groups is 2. The maximum Gasteiger partial charge on any atom is 0.414 e. The minimum Gasteiger partial charge on any atom is -0.443 e. The Morgan fingerprint density at radius 3 is 2.31 bits per heavy atom. The Balaban J connectivity index is 2.21. The Kier molecular flexibility index (Phi) is 5.87. The molecule has 0 bridgehead atoms. The van der Waals surface area contributed by atoms with Gasteiger partial charge in [0.1, 0.15) is 11.4 Å². The molecule has 2 amide bonds. The first-order valence-electron chi connectivity index (χ1n) is 7.90. The van der Waals surface area contributed by atoms with Crippen LogP contribution >= 0.6 is 11.6 Å². The standard InChI is InChI=1S/C19H20ClFN2O3/c1-19(2,3)26-18(25)23(4)14-9-10-16(20)15(11-14)17(24)22-13-7-5-12(21)6-8-13/h5-11H,1-4H3,(H,22,24). The first-order chi connectivity index (χ1) is 12.1. The smallest absolute Gasteiger partial charge is 0.414 e. The number of nitrogens with one attached hydrogen (secondary N) is 1. The fourth-order valence-electron chi connectivity index (χ4n) is 2.06.